The van der Waals surface area contributed by atoms with E-state index < -0.39 is 18.0 Å². The number of piperidine rings is 1. The van der Waals surface area contributed by atoms with E-state index in [0.29, 0.717) is 42.5 Å². The van der Waals surface area contributed by atoms with Crippen molar-refractivity contribution in [3.63, 3.8) is 0 Å². The minimum atomic E-state index is -0.670. The highest BCUT2D eigenvalue weighted by molar-refractivity contribution is 7.16. The van der Waals surface area contributed by atoms with Gasteiger partial charge in [-0.05, 0) is 54.5 Å². The highest BCUT2D eigenvalue weighted by atomic mass is 32.1. The van der Waals surface area contributed by atoms with Gasteiger partial charge in [-0.1, -0.05) is 12.1 Å². The number of ether oxygens (including phenoxy) is 1. The number of thiazole rings is 1. The molecule has 9 nitrogen and oxygen atoms in total. The molecule has 2 aromatic carbocycles. The van der Waals surface area contributed by atoms with Crippen LogP contribution in [0.4, 0.5) is 9.18 Å². The zero-order chi connectivity index (χ0) is 25.7. The molecule has 11 heteroatoms. The molecule has 2 aliphatic heterocycles. The zero-order valence-corrected chi connectivity index (χ0v) is 20.5. The third-order valence-corrected chi connectivity index (χ3v) is 8.09. The number of nitrogens with zero attached hydrogens (tertiary/aromatic N) is 2. The number of hydrogen-bond acceptors (Lipinski definition) is 7. The van der Waals surface area contributed by atoms with Crippen LogP contribution in [-0.4, -0.2) is 45.8 Å². The molecule has 2 N–H and O–H groups in total. The fraction of sp³-hybridized carbons (Fsp3) is 0.346. The summed E-state index contributed by atoms with van der Waals surface area (Å²) >= 11 is 1.47. The van der Waals surface area contributed by atoms with Gasteiger partial charge in [-0.25, -0.2) is 14.2 Å². The molecular formula is C26H23FN4O5S. The molecule has 3 aliphatic rings. The van der Waals surface area contributed by atoms with E-state index in [2.05, 4.69) is 15.6 Å². The molecular weight excluding hydrogens is 499 g/mol. The molecule has 1 atom stereocenters. The van der Waals surface area contributed by atoms with E-state index >= 15 is 0 Å². The van der Waals surface area contributed by atoms with Gasteiger partial charge in [0.05, 0.1) is 15.7 Å². The highest BCUT2D eigenvalue weighted by Crippen LogP contribution is 2.43. The van der Waals surface area contributed by atoms with Gasteiger partial charge in [0.25, 0.3) is 5.91 Å². The number of nitrogens with one attached hydrogen (secondary N) is 2. The molecule has 3 aromatic rings. The largest absolute Gasteiger partial charge is 0.446 e. The molecule has 1 unspecified atom stereocenters. The average molecular weight is 523 g/mol. The number of halogens is 1. The van der Waals surface area contributed by atoms with Gasteiger partial charge in [-0.2, -0.15) is 0 Å². The van der Waals surface area contributed by atoms with E-state index in [4.69, 9.17) is 4.74 Å². The summed E-state index contributed by atoms with van der Waals surface area (Å²) in [5.74, 6) is -1.37. The van der Waals surface area contributed by atoms with E-state index in [1.807, 2.05) is 12.1 Å². The van der Waals surface area contributed by atoms with Crippen LogP contribution in [0.1, 0.15) is 58.6 Å². The molecule has 2 fully saturated rings. The monoisotopic (exact) mass is 522 g/mol. The zero-order valence-electron chi connectivity index (χ0n) is 19.7. The minimum Gasteiger partial charge on any atom is -0.446 e. The lowest BCUT2D eigenvalue weighted by Crippen LogP contribution is -2.52. The molecule has 37 heavy (non-hydrogen) atoms. The number of fused-ring (bicyclic) bond motifs is 2. The molecule has 0 bridgehead atoms. The number of benzene rings is 2. The Labute approximate surface area is 215 Å². The summed E-state index contributed by atoms with van der Waals surface area (Å²) < 4.78 is 20.9. The summed E-state index contributed by atoms with van der Waals surface area (Å²) in [5, 5.41) is 5.00. The summed E-state index contributed by atoms with van der Waals surface area (Å²) in [6.07, 6.45) is 0.688. The standard InChI is InChI=1S/C26H23FN4O5S/c27-18-3-5-20-23(29-12-37-20)22(18)15-8-16(9-15)36-26(35)28-10-13-1-2-14-11-31(25(34)17(14)7-13)19-4-6-21(32)30-24(19)33/h1-3,5,7,12,15-16,19H,4,6,8-11H2,(H,28,35)(H,30,32,33). The van der Waals surface area contributed by atoms with Crippen LogP contribution in [0.5, 0.6) is 0 Å². The molecule has 6 rings (SSSR count). The van der Waals surface area contributed by atoms with Crippen LogP contribution in [0.25, 0.3) is 10.2 Å². The third kappa shape index (κ3) is 4.33. The van der Waals surface area contributed by atoms with Gasteiger partial charge in [-0.3, -0.25) is 19.7 Å². The molecule has 1 saturated carbocycles. The Morgan fingerprint density at radius 2 is 2.05 bits per heavy atom. The lowest BCUT2D eigenvalue weighted by Gasteiger charge is -2.35. The Kier molecular flexibility index (Phi) is 5.86. The van der Waals surface area contributed by atoms with Crippen molar-refractivity contribution < 1.29 is 28.3 Å². The number of hydrogen-bond donors (Lipinski definition) is 2. The topological polar surface area (TPSA) is 118 Å². The van der Waals surface area contributed by atoms with Crippen molar-refractivity contribution in [1.29, 1.82) is 0 Å². The first-order chi connectivity index (χ1) is 17.9. The molecule has 190 valence electrons. The van der Waals surface area contributed by atoms with Crippen LogP contribution in [-0.2, 0) is 27.4 Å². The van der Waals surface area contributed by atoms with Crippen LogP contribution >= 0.6 is 11.3 Å². The molecule has 0 spiro atoms. The second-order valence-corrected chi connectivity index (χ2v) is 10.5. The normalized spacial score (nSPS) is 23.0. The number of carbonyl (C=O) groups is 4. The van der Waals surface area contributed by atoms with Crippen molar-refractivity contribution >= 4 is 45.4 Å². The van der Waals surface area contributed by atoms with Crippen molar-refractivity contribution in [2.24, 2.45) is 0 Å². The van der Waals surface area contributed by atoms with Crippen LogP contribution in [0, 0.1) is 5.82 Å². The molecule has 3 heterocycles. The molecule has 0 radical (unpaired) electrons. The summed E-state index contributed by atoms with van der Waals surface area (Å²) in [7, 11) is 0. The van der Waals surface area contributed by atoms with Crippen LogP contribution in [0.15, 0.2) is 35.8 Å². The Bertz CT molecular complexity index is 1450. The minimum absolute atomic E-state index is 0.0429. The maximum atomic E-state index is 14.4. The van der Waals surface area contributed by atoms with Crippen molar-refractivity contribution in [3.8, 4) is 0 Å². The lowest BCUT2D eigenvalue weighted by molar-refractivity contribution is -0.136. The van der Waals surface area contributed by atoms with Crippen molar-refractivity contribution in [1.82, 2.24) is 20.5 Å². The first kappa shape index (κ1) is 23.5. The molecule has 1 aromatic heterocycles. The maximum Gasteiger partial charge on any atom is 0.407 e. The third-order valence-electron chi connectivity index (χ3n) is 7.29. The van der Waals surface area contributed by atoms with E-state index in [9.17, 15) is 23.6 Å². The fourth-order valence-corrected chi connectivity index (χ4v) is 5.99. The van der Waals surface area contributed by atoms with Crippen LogP contribution < -0.4 is 10.6 Å². The number of rotatable bonds is 5. The molecule has 1 saturated heterocycles. The lowest BCUT2D eigenvalue weighted by atomic mass is 9.77. The summed E-state index contributed by atoms with van der Waals surface area (Å²) in [4.78, 5) is 54.7. The first-order valence-electron chi connectivity index (χ1n) is 12.1. The van der Waals surface area contributed by atoms with Gasteiger partial charge in [-0.15, -0.1) is 11.3 Å². The van der Waals surface area contributed by atoms with Gasteiger partial charge in [0.15, 0.2) is 0 Å². The second kappa shape index (κ2) is 9.22. The van der Waals surface area contributed by atoms with Crippen molar-refractivity contribution in [2.75, 3.05) is 0 Å². The summed E-state index contributed by atoms with van der Waals surface area (Å²) in [6.45, 7) is 0.467. The average Bonchev–Trinajstić information content (AvgIpc) is 3.45. The molecule has 1 aliphatic carbocycles. The van der Waals surface area contributed by atoms with Crippen LogP contribution in [0.3, 0.4) is 0 Å². The fourth-order valence-electron chi connectivity index (χ4n) is 5.29. The molecule has 4 amide bonds. The van der Waals surface area contributed by atoms with Crippen molar-refractivity contribution in [3.05, 3.63) is 63.9 Å². The Morgan fingerprint density at radius 1 is 1.22 bits per heavy atom. The quantitative estimate of drug-likeness (QED) is 0.496. The number of aromatic nitrogens is 1. The van der Waals surface area contributed by atoms with Crippen LogP contribution in [0.2, 0.25) is 0 Å². The van der Waals surface area contributed by atoms with Gasteiger partial charge in [0, 0.05) is 30.6 Å². The number of amides is 4. The first-order valence-corrected chi connectivity index (χ1v) is 13.0. The predicted octanol–water partition coefficient (Wildman–Crippen LogP) is 3.37. The van der Waals surface area contributed by atoms with Crippen molar-refractivity contribution in [2.45, 2.75) is 56.8 Å². The van der Waals surface area contributed by atoms with E-state index in [1.165, 1.54) is 22.3 Å². The van der Waals surface area contributed by atoms with E-state index in [-0.39, 0.29) is 42.6 Å². The maximum absolute atomic E-state index is 14.4. The van der Waals surface area contributed by atoms with E-state index in [1.54, 1.807) is 17.6 Å². The Morgan fingerprint density at radius 3 is 2.86 bits per heavy atom. The summed E-state index contributed by atoms with van der Waals surface area (Å²) in [6, 6.07) is 7.85. The van der Waals surface area contributed by atoms with Gasteiger partial charge in [0.2, 0.25) is 11.8 Å². The Hall–Kier alpha value is -3.86. The van der Waals surface area contributed by atoms with E-state index in [0.717, 1.165) is 15.8 Å². The Balaban J connectivity index is 1.02. The SMILES string of the molecule is O=C1CCC(N2Cc3ccc(CNC(=O)OC4CC(c5c(F)ccc6scnc56)C4)cc3C2=O)C(=O)N1. The smallest absolute Gasteiger partial charge is 0.407 e. The summed E-state index contributed by atoms with van der Waals surface area (Å²) in [5.41, 5.74) is 4.97. The number of carbonyl (C=O) groups excluding carboxylic acids is 4. The second-order valence-electron chi connectivity index (χ2n) is 9.60. The number of imide groups is 1. The van der Waals surface area contributed by atoms with Gasteiger partial charge >= 0.3 is 6.09 Å². The van der Waals surface area contributed by atoms with Gasteiger partial charge in [0.1, 0.15) is 18.0 Å². The highest BCUT2D eigenvalue weighted by Gasteiger charge is 2.39. The number of alkyl carbamates (subject to hydrolysis) is 1. The predicted molar refractivity (Wildman–Crippen MR) is 131 cm³/mol. The van der Waals surface area contributed by atoms with Gasteiger partial charge < -0.3 is 15.0 Å².